The molecule has 0 bridgehead atoms. The fourth-order valence-electron chi connectivity index (χ4n) is 2.88. The molecule has 27 heavy (non-hydrogen) atoms. The number of rotatable bonds is 5. The van der Waals surface area contributed by atoms with Crippen molar-refractivity contribution in [2.45, 2.75) is 6.92 Å². The highest BCUT2D eigenvalue weighted by Crippen LogP contribution is 2.18. The maximum Gasteiger partial charge on any atom is 0.321 e. The Kier molecular flexibility index (Phi) is 5.85. The first kappa shape index (κ1) is 19.0. The molecule has 2 aromatic carbocycles. The van der Waals surface area contributed by atoms with Gasteiger partial charge in [-0.3, -0.25) is 4.72 Å². The molecule has 0 spiro atoms. The molecule has 2 amide bonds. The van der Waals surface area contributed by atoms with Crippen molar-refractivity contribution < 1.29 is 13.2 Å². The minimum Gasteiger partial charge on any atom is -0.368 e. The second-order valence-electron chi connectivity index (χ2n) is 6.32. The fraction of sp³-hybridized carbons (Fsp3) is 0.316. The lowest BCUT2D eigenvalue weighted by molar-refractivity contribution is 0.208. The summed E-state index contributed by atoms with van der Waals surface area (Å²) in [6.45, 7) is 4.45. The number of piperazine rings is 1. The van der Waals surface area contributed by atoms with Crippen molar-refractivity contribution in [1.29, 1.82) is 0 Å². The van der Waals surface area contributed by atoms with Crippen LogP contribution in [0.5, 0.6) is 0 Å². The maximum atomic E-state index is 12.5. The Morgan fingerprint density at radius 1 is 0.926 bits per heavy atom. The Bertz CT molecular complexity index is 862. The van der Waals surface area contributed by atoms with Crippen LogP contribution in [-0.2, 0) is 10.0 Å². The minimum absolute atomic E-state index is 0.0143. The number of carbonyl (C=O) groups excluding carboxylic acids is 1. The number of anilines is 3. The van der Waals surface area contributed by atoms with E-state index >= 15 is 0 Å². The first-order chi connectivity index (χ1) is 13.0. The number of carbonyl (C=O) groups is 1. The molecule has 1 saturated heterocycles. The number of benzene rings is 2. The molecule has 0 atom stereocenters. The highest BCUT2D eigenvalue weighted by molar-refractivity contribution is 7.92. The predicted molar refractivity (Wildman–Crippen MR) is 109 cm³/mol. The third-order valence-corrected chi connectivity index (χ3v) is 5.78. The van der Waals surface area contributed by atoms with Gasteiger partial charge in [0.1, 0.15) is 0 Å². The summed E-state index contributed by atoms with van der Waals surface area (Å²) in [5.74, 6) is 0.0143. The van der Waals surface area contributed by atoms with E-state index in [1.54, 1.807) is 36.1 Å². The Hall–Kier alpha value is -2.74. The van der Waals surface area contributed by atoms with Gasteiger partial charge in [0.25, 0.3) is 0 Å². The second-order valence-corrected chi connectivity index (χ2v) is 8.33. The average Bonchev–Trinajstić information content (AvgIpc) is 2.70. The number of hydrogen-bond donors (Lipinski definition) is 2. The van der Waals surface area contributed by atoms with E-state index in [-0.39, 0.29) is 11.8 Å². The van der Waals surface area contributed by atoms with Crippen molar-refractivity contribution in [3.63, 3.8) is 0 Å². The first-order valence-corrected chi connectivity index (χ1v) is 10.6. The van der Waals surface area contributed by atoms with Crippen LogP contribution in [0.4, 0.5) is 21.9 Å². The predicted octanol–water partition coefficient (Wildman–Crippen LogP) is 2.80. The summed E-state index contributed by atoms with van der Waals surface area (Å²) in [4.78, 5) is 16.5. The van der Waals surface area contributed by atoms with Crippen LogP contribution in [-0.4, -0.2) is 51.3 Å². The third-order valence-electron chi connectivity index (χ3n) is 4.48. The summed E-state index contributed by atoms with van der Waals surface area (Å²) >= 11 is 0. The van der Waals surface area contributed by atoms with Crippen LogP contribution in [0.1, 0.15) is 6.92 Å². The molecule has 7 nitrogen and oxygen atoms in total. The summed E-state index contributed by atoms with van der Waals surface area (Å²) in [6.07, 6.45) is 0. The van der Waals surface area contributed by atoms with Crippen LogP contribution in [0.3, 0.4) is 0 Å². The van der Waals surface area contributed by atoms with Gasteiger partial charge in [0, 0.05) is 43.2 Å². The van der Waals surface area contributed by atoms with Crippen molar-refractivity contribution in [1.82, 2.24) is 4.90 Å². The molecule has 1 heterocycles. The Morgan fingerprint density at radius 3 is 2.11 bits per heavy atom. The van der Waals surface area contributed by atoms with E-state index in [0.717, 1.165) is 13.1 Å². The Morgan fingerprint density at radius 2 is 1.52 bits per heavy atom. The highest BCUT2D eigenvalue weighted by atomic mass is 32.2. The summed E-state index contributed by atoms with van der Waals surface area (Å²) in [7, 11) is -3.30. The summed E-state index contributed by atoms with van der Waals surface area (Å²) < 4.78 is 25.6. The number of hydrogen-bond acceptors (Lipinski definition) is 4. The maximum absolute atomic E-state index is 12.5. The van der Waals surface area contributed by atoms with E-state index in [1.807, 2.05) is 18.2 Å². The monoisotopic (exact) mass is 388 g/mol. The van der Waals surface area contributed by atoms with Gasteiger partial charge < -0.3 is 15.1 Å². The molecule has 0 radical (unpaired) electrons. The zero-order valence-electron chi connectivity index (χ0n) is 15.3. The van der Waals surface area contributed by atoms with Crippen LogP contribution in [0.15, 0.2) is 54.6 Å². The minimum atomic E-state index is -3.30. The van der Waals surface area contributed by atoms with Gasteiger partial charge in [0.05, 0.1) is 5.75 Å². The van der Waals surface area contributed by atoms with Crippen LogP contribution < -0.4 is 14.9 Å². The number of nitrogens with zero attached hydrogens (tertiary/aromatic N) is 2. The molecule has 2 aromatic rings. The van der Waals surface area contributed by atoms with Crippen molar-refractivity contribution in [3.8, 4) is 0 Å². The third kappa shape index (κ3) is 5.13. The lowest BCUT2D eigenvalue weighted by atomic mass is 10.2. The van der Waals surface area contributed by atoms with Gasteiger partial charge in [-0.25, -0.2) is 13.2 Å². The van der Waals surface area contributed by atoms with Gasteiger partial charge in [-0.2, -0.15) is 0 Å². The largest absolute Gasteiger partial charge is 0.368 e. The van der Waals surface area contributed by atoms with E-state index in [0.29, 0.717) is 24.5 Å². The molecule has 1 aliphatic heterocycles. The van der Waals surface area contributed by atoms with Crippen LogP contribution >= 0.6 is 0 Å². The molecule has 2 N–H and O–H groups in total. The van der Waals surface area contributed by atoms with Crippen LogP contribution in [0.2, 0.25) is 0 Å². The van der Waals surface area contributed by atoms with Crippen molar-refractivity contribution in [3.05, 3.63) is 54.6 Å². The molecular weight excluding hydrogens is 364 g/mol. The molecule has 0 saturated carbocycles. The first-order valence-electron chi connectivity index (χ1n) is 8.93. The fourth-order valence-corrected chi connectivity index (χ4v) is 3.52. The van der Waals surface area contributed by atoms with Crippen LogP contribution in [0.25, 0.3) is 0 Å². The van der Waals surface area contributed by atoms with Crippen molar-refractivity contribution >= 4 is 33.1 Å². The summed E-state index contributed by atoms with van der Waals surface area (Å²) in [6, 6.07) is 16.7. The van der Waals surface area contributed by atoms with Gasteiger partial charge in [-0.05, 0) is 43.3 Å². The number of sulfonamides is 1. The molecular formula is C19H24N4O3S. The molecule has 0 aliphatic carbocycles. The number of urea groups is 1. The van der Waals surface area contributed by atoms with Gasteiger partial charge >= 0.3 is 6.03 Å². The van der Waals surface area contributed by atoms with Gasteiger partial charge in [0.15, 0.2) is 0 Å². The Balaban J connectivity index is 1.52. The molecule has 8 heteroatoms. The number of amides is 2. The lowest BCUT2D eigenvalue weighted by Crippen LogP contribution is -2.50. The molecule has 3 rings (SSSR count). The van der Waals surface area contributed by atoms with Gasteiger partial charge in [-0.1, -0.05) is 18.2 Å². The second kappa shape index (κ2) is 8.30. The zero-order chi connectivity index (χ0) is 19.3. The van der Waals surface area contributed by atoms with Gasteiger partial charge in [0.2, 0.25) is 10.0 Å². The normalized spacial score (nSPS) is 14.7. The smallest absolute Gasteiger partial charge is 0.321 e. The quantitative estimate of drug-likeness (QED) is 0.825. The lowest BCUT2D eigenvalue weighted by Gasteiger charge is -2.36. The SMILES string of the molecule is CCS(=O)(=O)Nc1ccc(NC(=O)N2CCN(c3ccccc3)CC2)cc1. The topological polar surface area (TPSA) is 81.8 Å². The van der Waals surface area contributed by atoms with E-state index in [2.05, 4.69) is 27.1 Å². The van der Waals surface area contributed by atoms with E-state index in [4.69, 9.17) is 0 Å². The van der Waals surface area contributed by atoms with Crippen molar-refractivity contribution in [2.75, 3.05) is 46.9 Å². The van der Waals surface area contributed by atoms with Crippen LogP contribution in [0, 0.1) is 0 Å². The van der Waals surface area contributed by atoms with E-state index < -0.39 is 10.0 Å². The average molecular weight is 388 g/mol. The number of para-hydroxylation sites is 1. The standard InChI is InChI=1S/C19H24N4O3S/c1-2-27(25,26)21-17-10-8-16(9-11-17)20-19(24)23-14-12-22(13-15-23)18-6-4-3-5-7-18/h3-11,21H,2,12-15H2,1H3,(H,20,24). The molecule has 0 unspecified atom stereocenters. The molecule has 144 valence electrons. The Labute approximate surface area is 160 Å². The highest BCUT2D eigenvalue weighted by Gasteiger charge is 2.21. The molecule has 1 fully saturated rings. The van der Waals surface area contributed by atoms with E-state index in [1.165, 1.54) is 5.69 Å². The summed E-state index contributed by atoms with van der Waals surface area (Å²) in [5.41, 5.74) is 2.28. The van der Waals surface area contributed by atoms with E-state index in [9.17, 15) is 13.2 Å². The summed E-state index contributed by atoms with van der Waals surface area (Å²) in [5, 5.41) is 2.86. The van der Waals surface area contributed by atoms with Crippen molar-refractivity contribution in [2.24, 2.45) is 0 Å². The molecule has 0 aromatic heterocycles. The zero-order valence-corrected chi connectivity index (χ0v) is 16.1. The number of nitrogens with one attached hydrogen (secondary N) is 2. The molecule has 1 aliphatic rings. The van der Waals surface area contributed by atoms with Gasteiger partial charge in [-0.15, -0.1) is 0 Å².